The maximum Gasteiger partial charge on any atom is 2.00 e. The van der Waals surface area contributed by atoms with Crippen molar-refractivity contribution in [1.82, 2.24) is 0 Å². The molecular formula is C13H22O2Zr. The minimum Gasteiger partial charge on any atom is -0.350 e. The van der Waals surface area contributed by atoms with Crippen LogP contribution in [0, 0.1) is 31.1 Å². The zero-order valence-corrected chi connectivity index (χ0v) is 12.9. The number of rotatable bonds is 1. The van der Waals surface area contributed by atoms with E-state index in [-0.39, 0.29) is 31.6 Å². The molecule has 2 aliphatic rings. The van der Waals surface area contributed by atoms with Crippen LogP contribution in [0.2, 0.25) is 0 Å². The van der Waals surface area contributed by atoms with E-state index in [1.807, 2.05) is 13.8 Å². The van der Waals surface area contributed by atoms with Crippen LogP contribution >= 0.6 is 0 Å². The minimum absolute atomic E-state index is 0. The van der Waals surface area contributed by atoms with Crippen LogP contribution in [0.15, 0.2) is 0 Å². The number of hydrogen-bond donors (Lipinski definition) is 0. The Morgan fingerprint density at radius 1 is 1.19 bits per heavy atom. The van der Waals surface area contributed by atoms with Crippen molar-refractivity contribution in [2.24, 2.45) is 17.3 Å². The normalized spacial score (nSPS) is 36.0. The summed E-state index contributed by atoms with van der Waals surface area (Å²) in [6.07, 6.45) is 3.28. The molecule has 1 saturated carbocycles. The Morgan fingerprint density at radius 3 is 2.19 bits per heavy atom. The van der Waals surface area contributed by atoms with Crippen molar-refractivity contribution in [1.29, 1.82) is 0 Å². The smallest absolute Gasteiger partial charge is 0.350 e. The first-order chi connectivity index (χ1) is 6.96. The molecule has 16 heavy (non-hydrogen) atoms. The summed E-state index contributed by atoms with van der Waals surface area (Å²) in [5.41, 5.74) is 0.226. The average Bonchev–Trinajstić information content (AvgIpc) is 2.49. The second-order valence-electron chi connectivity index (χ2n) is 5.69. The summed E-state index contributed by atoms with van der Waals surface area (Å²) in [6.45, 7) is 13.8. The summed E-state index contributed by atoms with van der Waals surface area (Å²) >= 11 is 0. The standard InChI is InChI=1S/C13H22O2.Zr/c1-5-11-7-13(6-10(11)2)8-14-12(3,4)15-9-13;/h10-11H,1-2,5-9H2,3-4H3;/q-2;+2/t10-,11-;/m0./s1. The predicted octanol–water partition coefficient (Wildman–Crippen LogP) is 2.84. The molecule has 1 saturated heterocycles. The molecule has 1 spiro atoms. The fraction of sp³-hybridized carbons (Fsp3) is 0.846. The van der Waals surface area contributed by atoms with Gasteiger partial charge < -0.3 is 23.3 Å². The third-order valence-corrected chi connectivity index (χ3v) is 3.88. The van der Waals surface area contributed by atoms with E-state index in [0.717, 1.165) is 26.1 Å². The molecule has 0 amide bonds. The first-order valence-corrected chi connectivity index (χ1v) is 5.87. The van der Waals surface area contributed by atoms with E-state index in [2.05, 4.69) is 13.8 Å². The topological polar surface area (TPSA) is 18.5 Å². The third kappa shape index (κ3) is 2.97. The van der Waals surface area contributed by atoms with E-state index in [1.54, 1.807) is 0 Å². The molecule has 90 valence electrons. The average molecular weight is 302 g/mol. The van der Waals surface area contributed by atoms with Gasteiger partial charge in [0.1, 0.15) is 0 Å². The molecule has 2 rings (SSSR count). The molecule has 1 aliphatic carbocycles. The van der Waals surface area contributed by atoms with Crippen LogP contribution in [0.25, 0.3) is 0 Å². The molecule has 2 nitrogen and oxygen atoms in total. The predicted molar refractivity (Wildman–Crippen MR) is 60.0 cm³/mol. The fourth-order valence-electron chi connectivity index (χ4n) is 2.84. The van der Waals surface area contributed by atoms with Crippen molar-refractivity contribution in [2.75, 3.05) is 13.2 Å². The van der Waals surface area contributed by atoms with E-state index in [4.69, 9.17) is 9.47 Å². The van der Waals surface area contributed by atoms with Gasteiger partial charge in [-0.2, -0.15) is 12.3 Å². The quantitative estimate of drug-likeness (QED) is 0.693. The van der Waals surface area contributed by atoms with Gasteiger partial charge >= 0.3 is 26.2 Å². The van der Waals surface area contributed by atoms with E-state index in [1.165, 1.54) is 6.42 Å². The molecule has 1 aliphatic heterocycles. The summed E-state index contributed by atoms with van der Waals surface area (Å²) in [7, 11) is 0. The Labute approximate surface area is 119 Å². The summed E-state index contributed by atoms with van der Waals surface area (Å²) in [5.74, 6) is 0.777. The van der Waals surface area contributed by atoms with Gasteiger partial charge in [-0.25, -0.2) is 0 Å². The summed E-state index contributed by atoms with van der Waals surface area (Å²) in [6, 6.07) is 0. The van der Waals surface area contributed by atoms with Crippen molar-refractivity contribution in [3.8, 4) is 0 Å². The monoisotopic (exact) mass is 300 g/mol. The molecule has 0 aromatic rings. The first-order valence-electron chi connectivity index (χ1n) is 5.87. The van der Waals surface area contributed by atoms with Gasteiger partial charge in [0.05, 0.1) is 13.2 Å². The molecule has 2 atom stereocenters. The summed E-state index contributed by atoms with van der Waals surface area (Å²) in [4.78, 5) is 0. The van der Waals surface area contributed by atoms with Gasteiger partial charge in [0.15, 0.2) is 5.79 Å². The van der Waals surface area contributed by atoms with Crippen LogP contribution in [0.5, 0.6) is 0 Å². The Kier molecular flexibility index (Phi) is 4.83. The van der Waals surface area contributed by atoms with Crippen molar-refractivity contribution in [3.63, 3.8) is 0 Å². The van der Waals surface area contributed by atoms with Crippen LogP contribution in [0.4, 0.5) is 0 Å². The molecule has 1 heterocycles. The molecule has 0 radical (unpaired) electrons. The van der Waals surface area contributed by atoms with E-state index >= 15 is 0 Å². The fourth-order valence-corrected chi connectivity index (χ4v) is 2.84. The van der Waals surface area contributed by atoms with Gasteiger partial charge in [-0.15, -0.1) is 0 Å². The SMILES string of the molecule is [CH2-]C[C@H]1CC2(COC(C)(C)OC2)C[C@@H]1[CH2-].[Zr+2]. The largest absolute Gasteiger partial charge is 2.00 e. The van der Waals surface area contributed by atoms with Gasteiger partial charge in [-0.1, -0.05) is 12.3 Å². The van der Waals surface area contributed by atoms with E-state index in [9.17, 15) is 0 Å². The Bertz CT molecular complexity index is 230. The van der Waals surface area contributed by atoms with Gasteiger partial charge in [0, 0.05) is 5.41 Å². The van der Waals surface area contributed by atoms with Crippen molar-refractivity contribution in [2.45, 2.75) is 38.9 Å². The zero-order valence-electron chi connectivity index (χ0n) is 10.4. The Hall–Kier alpha value is 0.803. The van der Waals surface area contributed by atoms with Crippen LogP contribution in [-0.2, 0) is 35.7 Å². The van der Waals surface area contributed by atoms with E-state index < -0.39 is 5.79 Å². The van der Waals surface area contributed by atoms with Gasteiger partial charge in [0.25, 0.3) is 0 Å². The molecule has 0 unspecified atom stereocenters. The number of ether oxygens (including phenoxy) is 2. The third-order valence-electron chi connectivity index (χ3n) is 3.88. The summed E-state index contributed by atoms with van der Waals surface area (Å²) in [5, 5.41) is 0. The maximum absolute atomic E-state index is 5.77. The molecule has 0 aromatic carbocycles. The molecule has 2 fully saturated rings. The van der Waals surface area contributed by atoms with Crippen LogP contribution in [0.3, 0.4) is 0 Å². The number of hydrogen-bond acceptors (Lipinski definition) is 2. The van der Waals surface area contributed by atoms with Crippen LogP contribution < -0.4 is 0 Å². The van der Waals surface area contributed by atoms with Gasteiger partial charge in [-0.3, -0.25) is 0 Å². The summed E-state index contributed by atoms with van der Waals surface area (Å²) < 4.78 is 11.5. The second kappa shape index (κ2) is 5.20. The maximum atomic E-state index is 5.77. The second-order valence-corrected chi connectivity index (χ2v) is 5.69. The zero-order chi connectivity index (χ0) is 11.1. The molecule has 3 heteroatoms. The molecule has 0 N–H and O–H groups in total. The Morgan fingerprint density at radius 2 is 1.75 bits per heavy atom. The first kappa shape index (κ1) is 14.9. The minimum atomic E-state index is -0.398. The van der Waals surface area contributed by atoms with Crippen molar-refractivity contribution >= 4 is 0 Å². The van der Waals surface area contributed by atoms with Crippen LogP contribution in [-0.4, -0.2) is 19.0 Å². The van der Waals surface area contributed by atoms with Crippen molar-refractivity contribution in [3.05, 3.63) is 13.8 Å². The van der Waals surface area contributed by atoms with Gasteiger partial charge in [0.2, 0.25) is 0 Å². The molecule has 0 bridgehead atoms. The van der Waals surface area contributed by atoms with Gasteiger partial charge in [-0.05, 0) is 20.3 Å². The van der Waals surface area contributed by atoms with Crippen LogP contribution in [0.1, 0.15) is 33.1 Å². The van der Waals surface area contributed by atoms with Crippen molar-refractivity contribution < 1.29 is 35.7 Å². The van der Waals surface area contributed by atoms with E-state index in [0.29, 0.717) is 11.8 Å². The molecular weight excluding hydrogens is 279 g/mol. The molecule has 0 aromatic heterocycles. The Balaban J connectivity index is 0.00000128.